The highest BCUT2D eigenvalue weighted by Crippen LogP contribution is 2.29. The van der Waals surface area contributed by atoms with Crippen LogP contribution in [0.25, 0.3) is 0 Å². The number of hydrogen-bond donors (Lipinski definition) is 1. The summed E-state index contributed by atoms with van der Waals surface area (Å²) in [6, 6.07) is 10.9. The summed E-state index contributed by atoms with van der Waals surface area (Å²) in [5.74, 6) is 1.48. The SMILES string of the molecule is COc1cc(OC)cc(C(=O)N2CCC(C(=O)Nc3ccc(C)cc3OCC3CCCO3)CC2)c1. The molecule has 2 aliphatic heterocycles. The van der Waals surface area contributed by atoms with Crippen molar-refractivity contribution < 1.29 is 28.5 Å². The zero-order chi connectivity index (χ0) is 24.8. The molecule has 2 saturated heterocycles. The summed E-state index contributed by atoms with van der Waals surface area (Å²) in [5.41, 5.74) is 2.24. The van der Waals surface area contributed by atoms with Crippen LogP contribution in [-0.4, -0.2) is 63.3 Å². The van der Waals surface area contributed by atoms with E-state index >= 15 is 0 Å². The second kappa shape index (κ2) is 11.4. The number of nitrogens with zero attached hydrogens (tertiary/aromatic N) is 1. The first-order valence-corrected chi connectivity index (χ1v) is 12.1. The summed E-state index contributed by atoms with van der Waals surface area (Å²) in [5, 5.41) is 3.05. The number of carbonyl (C=O) groups is 2. The van der Waals surface area contributed by atoms with Crippen molar-refractivity contribution in [1.29, 1.82) is 0 Å². The molecule has 4 rings (SSSR count). The molecule has 0 spiro atoms. The van der Waals surface area contributed by atoms with Gasteiger partial charge in [-0.05, 0) is 62.4 Å². The van der Waals surface area contributed by atoms with Crippen molar-refractivity contribution in [3.8, 4) is 17.2 Å². The summed E-state index contributed by atoms with van der Waals surface area (Å²) in [6.07, 6.45) is 3.34. The van der Waals surface area contributed by atoms with E-state index in [0.717, 1.165) is 25.0 Å². The largest absolute Gasteiger partial charge is 0.497 e. The van der Waals surface area contributed by atoms with Gasteiger partial charge in [0.05, 0.1) is 26.0 Å². The van der Waals surface area contributed by atoms with Crippen LogP contribution in [0, 0.1) is 12.8 Å². The Morgan fingerprint density at radius 3 is 2.37 bits per heavy atom. The molecule has 35 heavy (non-hydrogen) atoms. The Bertz CT molecular complexity index is 1020. The van der Waals surface area contributed by atoms with Gasteiger partial charge in [-0.3, -0.25) is 9.59 Å². The maximum absolute atomic E-state index is 13.1. The highest BCUT2D eigenvalue weighted by molar-refractivity contribution is 5.96. The Morgan fingerprint density at radius 2 is 1.74 bits per heavy atom. The van der Waals surface area contributed by atoms with Crippen molar-refractivity contribution in [3.05, 3.63) is 47.5 Å². The second-order valence-corrected chi connectivity index (χ2v) is 9.10. The number of piperidine rings is 1. The Kier molecular flexibility index (Phi) is 8.13. The van der Waals surface area contributed by atoms with Gasteiger partial charge in [0.15, 0.2) is 0 Å². The molecule has 2 aromatic carbocycles. The number of ether oxygens (including phenoxy) is 4. The lowest BCUT2D eigenvalue weighted by Crippen LogP contribution is -2.41. The Balaban J connectivity index is 1.34. The van der Waals surface area contributed by atoms with Crippen molar-refractivity contribution in [3.63, 3.8) is 0 Å². The minimum atomic E-state index is -0.175. The van der Waals surface area contributed by atoms with E-state index < -0.39 is 0 Å². The van der Waals surface area contributed by atoms with E-state index in [0.29, 0.717) is 61.0 Å². The number of benzene rings is 2. The number of likely N-dealkylation sites (tertiary alicyclic amines) is 1. The molecule has 0 saturated carbocycles. The summed E-state index contributed by atoms with van der Waals surface area (Å²) in [7, 11) is 3.11. The molecule has 0 aromatic heterocycles. The van der Waals surface area contributed by atoms with E-state index in [2.05, 4.69) is 5.32 Å². The predicted molar refractivity (Wildman–Crippen MR) is 132 cm³/mol. The fourth-order valence-electron chi connectivity index (χ4n) is 4.50. The van der Waals surface area contributed by atoms with Gasteiger partial charge < -0.3 is 29.2 Å². The fourth-order valence-corrected chi connectivity index (χ4v) is 4.50. The zero-order valence-electron chi connectivity index (χ0n) is 20.7. The summed E-state index contributed by atoms with van der Waals surface area (Å²) < 4.78 is 22.2. The maximum atomic E-state index is 13.1. The number of aryl methyl sites for hydroxylation is 1. The summed E-state index contributed by atoms with van der Waals surface area (Å²) in [4.78, 5) is 27.9. The first kappa shape index (κ1) is 24.9. The lowest BCUT2D eigenvalue weighted by molar-refractivity contribution is -0.121. The van der Waals surface area contributed by atoms with Gasteiger partial charge in [0.25, 0.3) is 5.91 Å². The number of anilines is 1. The standard InChI is InChI=1S/C27H34N2O6/c1-18-6-7-24(25(13-18)35-17-21-5-4-12-34-21)28-26(30)19-8-10-29(11-9-19)27(31)20-14-22(32-2)16-23(15-20)33-3/h6-7,13-16,19,21H,4-5,8-12,17H2,1-3H3,(H,28,30). The van der Waals surface area contributed by atoms with Crippen LogP contribution in [0.2, 0.25) is 0 Å². The molecule has 0 aliphatic carbocycles. The highest BCUT2D eigenvalue weighted by Gasteiger charge is 2.29. The third-order valence-corrected chi connectivity index (χ3v) is 6.60. The van der Waals surface area contributed by atoms with Crippen LogP contribution in [0.5, 0.6) is 17.2 Å². The molecule has 0 radical (unpaired) electrons. The van der Waals surface area contributed by atoms with E-state index in [1.807, 2.05) is 25.1 Å². The van der Waals surface area contributed by atoms with Crippen molar-refractivity contribution in [2.75, 3.05) is 45.8 Å². The average Bonchev–Trinajstić information content (AvgIpc) is 3.41. The molecule has 2 aromatic rings. The van der Waals surface area contributed by atoms with Gasteiger partial charge in [-0.15, -0.1) is 0 Å². The number of nitrogens with one attached hydrogen (secondary N) is 1. The molecule has 0 bridgehead atoms. The minimum Gasteiger partial charge on any atom is -0.497 e. The van der Waals surface area contributed by atoms with Crippen LogP contribution < -0.4 is 19.5 Å². The number of hydrogen-bond acceptors (Lipinski definition) is 6. The average molecular weight is 483 g/mol. The van der Waals surface area contributed by atoms with Crippen LogP contribution in [0.1, 0.15) is 41.6 Å². The van der Waals surface area contributed by atoms with Crippen LogP contribution >= 0.6 is 0 Å². The van der Waals surface area contributed by atoms with Gasteiger partial charge in [0.1, 0.15) is 23.9 Å². The molecular formula is C27H34N2O6. The highest BCUT2D eigenvalue weighted by atomic mass is 16.5. The molecule has 2 amide bonds. The fraction of sp³-hybridized carbons (Fsp3) is 0.481. The monoisotopic (exact) mass is 482 g/mol. The van der Waals surface area contributed by atoms with Gasteiger partial charge in [-0.1, -0.05) is 6.07 Å². The second-order valence-electron chi connectivity index (χ2n) is 9.10. The number of carbonyl (C=O) groups excluding carboxylic acids is 2. The Labute approximate surface area is 206 Å². The summed E-state index contributed by atoms with van der Waals surface area (Å²) >= 11 is 0. The number of rotatable bonds is 8. The van der Waals surface area contributed by atoms with E-state index in [-0.39, 0.29) is 23.8 Å². The van der Waals surface area contributed by atoms with E-state index in [1.165, 1.54) is 0 Å². The van der Waals surface area contributed by atoms with E-state index in [9.17, 15) is 9.59 Å². The van der Waals surface area contributed by atoms with Crippen molar-refractivity contribution in [2.45, 2.75) is 38.7 Å². The molecule has 1 atom stereocenters. The molecule has 1 N–H and O–H groups in total. The Morgan fingerprint density at radius 1 is 1.03 bits per heavy atom. The van der Waals surface area contributed by atoms with Crippen molar-refractivity contribution in [1.82, 2.24) is 4.90 Å². The quantitative estimate of drug-likeness (QED) is 0.611. The molecule has 8 nitrogen and oxygen atoms in total. The van der Waals surface area contributed by atoms with Gasteiger partial charge in [0.2, 0.25) is 5.91 Å². The lowest BCUT2D eigenvalue weighted by atomic mass is 9.95. The van der Waals surface area contributed by atoms with Crippen LogP contribution in [-0.2, 0) is 9.53 Å². The smallest absolute Gasteiger partial charge is 0.254 e. The molecule has 2 aliphatic rings. The summed E-state index contributed by atoms with van der Waals surface area (Å²) in [6.45, 7) is 4.26. The topological polar surface area (TPSA) is 86.3 Å². The minimum absolute atomic E-state index is 0.0500. The zero-order valence-corrected chi connectivity index (χ0v) is 20.7. The number of amides is 2. The molecule has 2 fully saturated rings. The Hall–Kier alpha value is -3.26. The third kappa shape index (κ3) is 6.25. The predicted octanol–water partition coefficient (Wildman–Crippen LogP) is 4.06. The lowest BCUT2D eigenvalue weighted by Gasteiger charge is -2.31. The molecule has 188 valence electrons. The van der Waals surface area contributed by atoms with Crippen LogP contribution in [0.4, 0.5) is 5.69 Å². The molecule has 8 heteroatoms. The molecular weight excluding hydrogens is 448 g/mol. The normalized spacial score (nSPS) is 18.3. The van der Waals surface area contributed by atoms with Crippen molar-refractivity contribution >= 4 is 17.5 Å². The van der Waals surface area contributed by atoms with Gasteiger partial charge >= 0.3 is 0 Å². The van der Waals surface area contributed by atoms with E-state index in [1.54, 1.807) is 37.3 Å². The van der Waals surface area contributed by atoms with E-state index in [4.69, 9.17) is 18.9 Å². The van der Waals surface area contributed by atoms with Gasteiger partial charge in [-0.2, -0.15) is 0 Å². The molecule has 2 heterocycles. The number of methoxy groups -OCH3 is 2. The third-order valence-electron chi connectivity index (χ3n) is 6.60. The van der Waals surface area contributed by atoms with Gasteiger partial charge in [0, 0.05) is 37.2 Å². The van der Waals surface area contributed by atoms with Crippen molar-refractivity contribution in [2.24, 2.45) is 5.92 Å². The maximum Gasteiger partial charge on any atom is 0.254 e. The van der Waals surface area contributed by atoms with Crippen LogP contribution in [0.3, 0.4) is 0 Å². The van der Waals surface area contributed by atoms with Crippen LogP contribution in [0.15, 0.2) is 36.4 Å². The first-order valence-electron chi connectivity index (χ1n) is 12.1. The molecule has 1 unspecified atom stereocenters. The van der Waals surface area contributed by atoms with Gasteiger partial charge in [-0.25, -0.2) is 0 Å². The first-order chi connectivity index (χ1) is 17.0.